The van der Waals surface area contributed by atoms with Gasteiger partial charge in [-0.1, -0.05) is 11.6 Å². The van der Waals surface area contributed by atoms with Crippen molar-refractivity contribution in [2.75, 3.05) is 13.2 Å². The first-order chi connectivity index (χ1) is 14.1. The second-order valence-electron chi connectivity index (χ2n) is 6.43. The van der Waals surface area contributed by atoms with Gasteiger partial charge in [0.15, 0.2) is 0 Å². The lowest BCUT2D eigenvalue weighted by Gasteiger charge is -2.22. The van der Waals surface area contributed by atoms with Crippen LogP contribution in [-0.4, -0.2) is 30.2 Å². The Labute approximate surface area is 173 Å². The zero-order valence-corrected chi connectivity index (χ0v) is 16.0. The molecule has 1 aliphatic rings. The van der Waals surface area contributed by atoms with Crippen LogP contribution in [0.15, 0.2) is 36.4 Å². The molecule has 0 saturated carbocycles. The quantitative estimate of drug-likeness (QED) is 0.348. The Morgan fingerprint density at radius 3 is 2.60 bits per heavy atom. The van der Waals surface area contributed by atoms with Crippen LogP contribution < -0.4 is 4.74 Å². The van der Waals surface area contributed by atoms with E-state index in [4.69, 9.17) is 25.8 Å². The van der Waals surface area contributed by atoms with E-state index in [9.17, 15) is 28.1 Å². The van der Waals surface area contributed by atoms with Gasteiger partial charge in [0, 0.05) is 18.7 Å². The number of hydrogen-bond donors (Lipinski definition) is 0. The molecule has 11 heteroatoms. The van der Waals surface area contributed by atoms with E-state index in [1.54, 1.807) is 0 Å². The SMILES string of the molecule is O=C(OC1CCCOC1)c1cc(Oc2ccc(C(F)(F)F)cc2Cl)ccc1[N+](=O)[O-]. The highest BCUT2D eigenvalue weighted by molar-refractivity contribution is 6.32. The Kier molecular flexibility index (Phi) is 6.47. The van der Waals surface area contributed by atoms with E-state index in [0.717, 1.165) is 24.3 Å². The standard InChI is InChI=1S/C19H15ClF3NO6/c20-15-8-11(19(21,22)23)3-6-17(15)29-12-4-5-16(24(26)27)14(9-12)18(25)30-13-2-1-7-28-10-13/h3-6,8-9,13H,1-2,7,10H2. The van der Waals surface area contributed by atoms with Crippen LogP contribution in [-0.2, 0) is 15.7 Å². The summed E-state index contributed by atoms with van der Waals surface area (Å²) < 4.78 is 54.2. The van der Waals surface area contributed by atoms with Crippen molar-refractivity contribution in [3.8, 4) is 11.5 Å². The minimum atomic E-state index is -4.57. The summed E-state index contributed by atoms with van der Waals surface area (Å²) in [6.45, 7) is 0.738. The molecule has 0 N–H and O–H groups in total. The number of hydrogen-bond acceptors (Lipinski definition) is 6. The number of carbonyl (C=O) groups excluding carboxylic acids is 1. The molecule has 0 aliphatic carbocycles. The Morgan fingerprint density at radius 1 is 1.23 bits per heavy atom. The van der Waals surface area contributed by atoms with Crippen LogP contribution >= 0.6 is 11.6 Å². The fourth-order valence-corrected chi connectivity index (χ4v) is 3.03. The molecular weight excluding hydrogens is 431 g/mol. The third-order valence-corrected chi connectivity index (χ3v) is 4.56. The minimum Gasteiger partial charge on any atom is -0.456 e. The molecule has 7 nitrogen and oxygen atoms in total. The molecule has 1 heterocycles. The maximum Gasteiger partial charge on any atom is 0.416 e. The fraction of sp³-hybridized carbons (Fsp3) is 0.316. The lowest BCUT2D eigenvalue weighted by atomic mass is 10.1. The molecule has 0 aromatic heterocycles. The van der Waals surface area contributed by atoms with Crippen LogP contribution in [0, 0.1) is 10.1 Å². The fourth-order valence-electron chi connectivity index (χ4n) is 2.81. The summed E-state index contributed by atoms with van der Waals surface area (Å²) in [4.78, 5) is 23.0. The van der Waals surface area contributed by atoms with Crippen molar-refractivity contribution in [3.05, 3.63) is 62.7 Å². The number of carbonyl (C=O) groups is 1. The minimum absolute atomic E-state index is 0.0332. The largest absolute Gasteiger partial charge is 0.456 e. The zero-order chi connectivity index (χ0) is 21.9. The number of esters is 1. The summed E-state index contributed by atoms with van der Waals surface area (Å²) in [6, 6.07) is 5.82. The molecular formula is C19H15ClF3NO6. The number of ether oxygens (including phenoxy) is 3. The third kappa shape index (κ3) is 5.19. The van der Waals surface area contributed by atoms with Crippen LogP contribution in [0.2, 0.25) is 5.02 Å². The highest BCUT2D eigenvalue weighted by atomic mass is 35.5. The number of rotatable bonds is 5. The lowest BCUT2D eigenvalue weighted by molar-refractivity contribution is -0.385. The summed E-state index contributed by atoms with van der Waals surface area (Å²) in [6.07, 6.45) is -3.85. The average Bonchev–Trinajstić information content (AvgIpc) is 2.69. The van der Waals surface area contributed by atoms with E-state index >= 15 is 0 Å². The second kappa shape index (κ2) is 8.88. The maximum absolute atomic E-state index is 12.8. The Morgan fingerprint density at radius 2 is 2.00 bits per heavy atom. The molecule has 30 heavy (non-hydrogen) atoms. The summed E-state index contributed by atoms with van der Waals surface area (Å²) in [5.74, 6) is -1.08. The Bertz CT molecular complexity index is 960. The molecule has 3 rings (SSSR count). The van der Waals surface area contributed by atoms with E-state index < -0.39 is 34.4 Å². The van der Waals surface area contributed by atoms with E-state index in [0.29, 0.717) is 25.5 Å². The van der Waals surface area contributed by atoms with Gasteiger partial charge in [-0.25, -0.2) is 4.79 Å². The van der Waals surface area contributed by atoms with Crippen LogP contribution in [0.4, 0.5) is 18.9 Å². The number of nitro groups is 1. The van der Waals surface area contributed by atoms with Gasteiger partial charge in [0.1, 0.15) is 23.2 Å². The number of nitro benzene ring substituents is 1. The molecule has 160 valence electrons. The highest BCUT2D eigenvalue weighted by Gasteiger charge is 2.31. The summed E-state index contributed by atoms with van der Waals surface area (Å²) in [7, 11) is 0. The van der Waals surface area contributed by atoms with Crippen LogP contribution in [0.25, 0.3) is 0 Å². The number of nitrogens with zero attached hydrogens (tertiary/aromatic N) is 1. The van der Waals surface area contributed by atoms with Gasteiger partial charge in [0.25, 0.3) is 5.69 Å². The summed E-state index contributed by atoms with van der Waals surface area (Å²) in [5, 5.41) is 11.0. The molecule has 1 unspecified atom stereocenters. The van der Waals surface area contributed by atoms with Crippen molar-refractivity contribution in [1.29, 1.82) is 0 Å². The highest BCUT2D eigenvalue weighted by Crippen LogP contribution is 2.37. The van der Waals surface area contributed by atoms with E-state index in [-0.39, 0.29) is 28.7 Å². The van der Waals surface area contributed by atoms with Gasteiger partial charge in [-0.05, 0) is 37.1 Å². The van der Waals surface area contributed by atoms with Crippen LogP contribution in [0.1, 0.15) is 28.8 Å². The topological polar surface area (TPSA) is 87.9 Å². The normalized spacial score (nSPS) is 16.7. The lowest BCUT2D eigenvalue weighted by Crippen LogP contribution is -2.28. The van der Waals surface area contributed by atoms with Gasteiger partial charge < -0.3 is 14.2 Å². The van der Waals surface area contributed by atoms with E-state index in [1.807, 2.05) is 0 Å². The monoisotopic (exact) mass is 445 g/mol. The molecule has 0 spiro atoms. The van der Waals surface area contributed by atoms with Crippen molar-refractivity contribution < 1.29 is 37.1 Å². The third-order valence-electron chi connectivity index (χ3n) is 4.26. The van der Waals surface area contributed by atoms with Crippen molar-refractivity contribution in [2.24, 2.45) is 0 Å². The summed E-state index contributed by atoms with van der Waals surface area (Å²) in [5.41, 5.74) is -1.81. The number of halogens is 4. The smallest absolute Gasteiger partial charge is 0.416 e. The zero-order valence-electron chi connectivity index (χ0n) is 15.3. The first-order valence-electron chi connectivity index (χ1n) is 8.77. The second-order valence-corrected chi connectivity index (χ2v) is 6.83. The summed E-state index contributed by atoms with van der Waals surface area (Å²) >= 11 is 5.86. The molecule has 0 bridgehead atoms. The van der Waals surface area contributed by atoms with Gasteiger partial charge in [-0.3, -0.25) is 10.1 Å². The van der Waals surface area contributed by atoms with Crippen molar-refractivity contribution >= 4 is 23.3 Å². The van der Waals surface area contributed by atoms with E-state index in [2.05, 4.69) is 0 Å². The Hall–Kier alpha value is -2.85. The molecule has 2 aromatic rings. The molecule has 0 amide bonds. The van der Waals surface area contributed by atoms with Crippen LogP contribution in [0.5, 0.6) is 11.5 Å². The van der Waals surface area contributed by atoms with Gasteiger partial charge in [0.2, 0.25) is 0 Å². The maximum atomic E-state index is 12.8. The molecule has 1 saturated heterocycles. The number of alkyl halides is 3. The molecule has 1 fully saturated rings. The Balaban J connectivity index is 1.85. The van der Waals surface area contributed by atoms with Crippen molar-refractivity contribution in [3.63, 3.8) is 0 Å². The predicted molar refractivity (Wildman–Crippen MR) is 98.9 cm³/mol. The van der Waals surface area contributed by atoms with Gasteiger partial charge in [-0.2, -0.15) is 13.2 Å². The molecule has 1 aliphatic heterocycles. The van der Waals surface area contributed by atoms with Gasteiger partial charge in [0.05, 0.1) is 22.1 Å². The predicted octanol–water partition coefficient (Wildman–Crippen LogP) is 5.40. The van der Waals surface area contributed by atoms with E-state index in [1.165, 1.54) is 6.07 Å². The van der Waals surface area contributed by atoms with Gasteiger partial charge >= 0.3 is 12.1 Å². The van der Waals surface area contributed by atoms with Gasteiger partial charge in [-0.15, -0.1) is 0 Å². The molecule has 0 radical (unpaired) electrons. The first kappa shape index (κ1) is 21.8. The molecule has 2 aromatic carbocycles. The van der Waals surface area contributed by atoms with Crippen molar-refractivity contribution in [2.45, 2.75) is 25.1 Å². The molecule has 1 atom stereocenters. The van der Waals surface area contributed by atoms with Crippen molar-refractivity contribution in [1.82, 2.24) is 0 Å². The first-order valence-corrected chi connectivity index (χ1v) is 9.14. The average molecular weight is 446 g/mol. The van der Waals surface area contributed by atoms with Crippen LogP contribution in [0.3, 0.4) is 0 Å². The number of benzene rings is 2.